The predicted octanol–water partition coefficient (Wildman–Crippen LogP) is 3.98. The second kappa shape index (κ2) is 8.65. The predicted molar refractivity (Wildman–Crippen MR) is 105 cm³/mol. The summed E-state index contributed by atoms with van der Waals surface area (Å²) in [6.07, 6.45) is 2.08. The highest BCUT2D eigenvalue weighted by molar-refractivity contribution is 8.02. The van der Waals surface area contributed by atoms with Gasteiger partial charge in [0, 0.05) is 12.3 Å². The number of benzene rings is 2. The standard InChI is InChI=1S/C21H20N2O3S/c1-25-18-9-8-15(10-19(18)26-13-14-6-4-3-5-7-14)16-11-20(24)23-21(27-2)17(16)12-22/h3-10,16H,11,13H2,1-2H3,(H,23,24)/t16-/m0/s1. The van der Waals surface area contributed by atoms with Gasteiger partial charge in [0.1, 0.15) is 6.61 Å². The molecule has 1 N–H and O–H groups in total. The van der Waals surface area contributed by atoms with Gasteiger partial charge in [-0.25, -0.2) is 0 Å². The average molecular weight is 380 g/mol. The molecular formula is C21H20N2O3S. The summed E-state index contributed by atoms with van der Waals surface area (Å²) in [5.74, 6) is 0.817. The van der Waals surface area contributed by atoms with Crippen molar-refractivity contribution in [2.75, 3.05) is 13.4 Å². The summed E-state index contributed by atoms with van der Waals surface area (Å²) < 4.78 is 11.4. The third-order valence-corrected chi connectivity index (χ3v) is 5.12. The van der Waals surface area contributed by atoms with Crippen molar-refractivity contribution < 1.29 is 14.3 Å². The number of carbonyl (C=O) groups excluding carboxylic acids is 1. The first-order valence-electron chi connectivity index (χ1n) is 8.49. The summed E-state index contributed by atoms with van der Waals surface area (Å²) in [6, 6.07) is 17.7. The van der Waals surface area contributed by atoms with Crippen LogP contribution in [0.15, 0.2) is 59.1 Å². The van der Waals surface area contributed by atoms with Crippen molar-refractivity contribution in [3.05, 3.63) is 70.3 Å². The Labute approximate surface area is 163 Å². The summed E-state index contributed by atoms with van der Waals surface area (Å²) in [6.45, 7) is 0.406. The van der Waals surface area contributed by atoms with Crippen LogP contribution in [0, 0.1) is 11.3 Å². The summed E-state index contributed by atoms with van der Waals surface area (Å²) in [5.41, 5.74) is 2.47. The number of allylic oxidation sites excluding steroid dienone is 1. The Bertz CT molecular complexity index is 903. The lowest BCUT2D eigenvalue weighted by molar-refractivity contribution is -0.120. The fourth-order valence-corrected chi connectivity index (χ4v) is 3.65. The Morgan fingerprint density at radius 1 is 1.22 bits per heavy atom. The molecule has 0 bridgehead atoms. The van der Waals surface area contributed by atoms with Gasteiger partial charge in [0.25, 0.3) is 0 Å². The summed E-state index contributed by atoms with van der Waals surface area (Å²) >= 11 is 1.37. The second-order valence-corrected chi connectivity index (χ2v) is 6.86. The Morgan fingerprint density at radius 2 is 2.00 bits per heavy atom. The van der Waals surface area contributed by atoms with Crippen LogP contribution in [0.3, 0.4) is 0 Å². The van der Waals surface area contributed by atoms with Gasteiger partial charge in [0.2, 0.25) is 5.91 Å². The average Bonchev–Trinajstić information content (AvgIpc) is 2.72. The molecule has 2 aromatic carbocycles. The van der Waals surface area contributed by atoms with Crippen LogP contribution in [0.5, 0.6) is 11.5 Å². The molecule has 1 atom stereocenters. The molecule has 0 aromatic heterocycles. The van der Waals surface area contributed by atoms with Crippen LogP contribution in [0.1, 0.15) is 23.5 Å². The van der Waals surface area contributed by atoms with E-state index >= 15 is 0 Å². The molecular weight excluding hydrogens is 360 g/mol. The van der Waals surface area contributed by atoms with Crippen molar-refractivity contribution in [2.45, 2.75) is 18.9 Å². The molecule has 27 heavy (non-hydrogen) atoms. The van der Waals surface area contributed by atoms with E-state index in [4.69, 9.17) is 9.47 Å². The van der Waals surface area contributed by atoms with Crippen molar-refractivity contribution in [1.29, 1.82) is 5.26 Å². The maximum Gasteiger partial charge on any atom is 0.225 e. The van der Waals surface area contributed by atoms with Crippen molar-refractivity contribution in [3.63, 3.8) is 0 Å². The molecule has 0 fully saturated rings. The van der Waals surface area contributed by atoms with Crippen LogP contribution in [0.2, 0.25) is 0 Å². The lowest BCUT2D eigenvalue weighted by Gasteiger charge is -2.25. The Balaban J connectivity index is 1.92. The number of methoxy groups -OCH3 is 1. The SMILES string of the molecule is COc1ccc([C@@H]2CC(=O)NC(SC)=C2C#N)cc1OCc1ccccc1. The van der Waals surface area contributed by atoms with Gasteiger partial charge in [-0.3, -0.25) is 4.79 Å². The number of amides is 1. The second-order valence-electron chi connectivity index (χ2n) is 6.05. The van der Waals surface area contributed by atoms with E-state index in [0.717, 1.165) is 11.1 Å². The first-order valence-corrected chi connectivity index (χ1v) is 9.71. The van der Waals surface area contributed by atoms with E-state index in [1.165, 1.54) is 11.8 Å². The lowest BCUT2D eigenvalue weighted by Crippen LogP contribution is -2.30. The molecule has 0 saturated carbocycles. The number of thioether (sulfide) groups is 1. The molecule has 1 amide bonds. The zero-order chi connectivity index (χ0) is 19.2. The molecule has 2 aromatic rings. The van der Waals surface area contributed by atoms with E-state index in [1.807, 2.05) is 54.8 Å². The van der Waals surface area contributed by atoms with Gasteiger partial charge < -0.3 is 14.8 Å². The van der Waals surface area contributed by atoms with Crippen LogP contribution in [0.25, 0.3) is 0 Å². The monoisotopic (exact) mass is 380 g/mol. The van der Waals surface area contributed by atoms with Crippen LogP contribution in [-0.2, 0) is 11.4 Å². The number of hydrogen-bond acceptors (Lipinski definition) is 5. The highest BCUT2D eigenvalue weighted by Crippen LogP contribution is 2.39. The highest BCUT2D eigenvalue weighted by Gasteiger charge is 2.29. The van der Waals surface area contributed by atoms with Gasteiger partial charge >= 0.3 is 0 Å². The largest absolute Gasteiger partial charge is 0.493 e. The number of carbonyl (C=O) groups is 1. The zero-order valence-corrected chi connectivity index (χ0v) is 16.0. The van der Waals surface area contributed by atoms with Gasteiger partial charge in [-0.15, -0.1) is 11.8 Å². The summed E-state index contributed by atoms with van der Waals surface area (Å²) in [7, 11) is 1.59. The summed E-state index contributed by atoms with van der Waals surface area (Å²) in [5, 5.41) is 13.0. The molecule has 0 unspecified atom stereocenters. The van der Waals surface area contributed by atoms with Gasteiger partial charge in [0.15, 0.2) is 11.5 Å². The molecule has 0 saturated heterocycles. The van der Waals surface area contributed by atoms with E-state index in [9.17, 15) is 10.1 Å². The fourth-order valence-electron chi connectivity index (χ4n) is 3.02. The molecule has 1 aliphatic rings. The molecule has 3 rings (SSSR count). The molecule has 138 valence electrons. The maximum atomic E-state index is 12.1. The summed E-state index contributed by atoms with van der Waals surface area (Å²) in [4.78, 5) is 12.1. The minimum Gasteiger partial charge on any atom is -0.493 e. The Hall–Kier alpha value is -2.91. The Kier molecular flexibility index (Phi) is 6.05. The van der Waals surface area contributed by atoms with Crippen LogP contribution < -0.4 is 14.8 Å². The van der Waals surface area contributed by atoms with Gasteiger partial charge in [0.05, 0.1) is 23.8 Å². The van der Waals surface area contributed by atoms with E-state index in [2.05, 4.69) is 11.4 Å². The molecule has 1 aliphatic heterocycles. The topological polar surface area (TPSA) is 71.3 Å². The minimum absolute atomic E-state index is 0.0917. The number of nitrogens with zero attached hydrogens (tertiary/aromatic N) is 1. The van der Waals surface area contributed by atoms with Crippen molar-refractivity contribution in [1.82, 2.24) is 5.32 Å². The maximum absolute atomic E-state index is 12.1. The number of hydrogen-bond donors (Lipinski definition) is 1. The quantitative estimate of drug-likeness (QED) is 0.821. The van der Waals surface area contributed by atoms with E-state index in [1.54, 1.807) is 7.11 Å². The molecule has 0 radical (unpaired) electrons. The van der Waals surface area contributed by atoms with Crippen LogP contribution >= 0.6 is 11.8 Å². The van der Waals surface area contributed by atoms with E-state index in [0.29, 0.717) is 28.7 Å². The number of nitriles is 1. The number of ether oxygens (including phenoxy) is 2. The van der Waals surface area contributed by atoms with Gasteiger partial charge in [-0.05, 0) is 29.5 Å². The van der Waals surface area contributed by atoms with Gasteiger partial charge in [-0.2, -0.15) is 5.26 Å². The normalized spacial score (nSPS) is 16.5. The number of nitrogens with one attached hydrogen (secondary N) is 1. The third-order valence-electron chi connectivity index (χ3n) is 4.39. The molecule has 5 nitrogen and oxygen atoms in total. The third kappa shape index (κ3) is 4.26. The van der Waals surface area contributed by atoms with Gasteiger partial charge in [-0.1, -0.05) is 36.4 Å². The smallest absolute Gasteiger partial charge is 0.225 e. The fraction of sp³-hybridized carbons (Fsp3) is 0.238. The van der Waals surface area contributed by atoms with E-state index in [-0.39, 0.29) is 18.2 Å². The van der Waals surface area contributed by atoms with Crippen molar-refractivity contribution in [2.24, 2.45) is 0 Å². The van der Waals surface area contributed by atoms with Crippen LogP contribution in [-0.4, -0.2) is 19.3 Å². The number of rotatable bonds is 6. The minimum atomic E-state index is -0.295. The Morgan fingerprint density at radius 3 is 2.67 bits per heavy atom. The highest BCUT2D eigenvalue weighted by atomic mass is 32.2. The molecule has 1 heterocycles. The first kappa shape index (κ1) is 18.9. The molecule has 0 aliphatic carbocycles. The van der Waals surface area contributed by atoms with Crippen molar-refractivity contribution >= 4 is 17.7 Å². The van der Waals surface area contributed by atoms with E-state index < -0.39 is 0 Å². The van der Waals surface area contributed by atoms with Crippen LogP contribution in [0.4, 0.5) is 0 Å². The first-order chi connectivity index (χ1) is 13.2. The van der Waals surface area contributed by atoms with Crippen molar-refractivity contribution in [3.8, 4) is 17.6 Å². The molecule has 0 spiro atoms. The lowest BCUT2D eigenvalue weighted by atomic mass is 9.87. The zero-order valence-electron chi connectivity index (χ0n) is 15.2. The molecule has 6 heteroatoms.